The van der Waals surface area contributed by atoms with Crippen molar-refractivity contribution >= 4 is 11.6 Å². The third-order valence-electron chi connectivity index (χ3n) is 3.77. The maximum atomic E-state index is 11.6. The third-order valence-corrected chi connectivity index (χ3v) is 3.77. The highest BCUT2D eigenvalue weighted by atomic mass is 16.4. The van der Waals surface area contributed by atoms with E-state index in [-0.39, 0.29) is 0 Å². The quantitative estimate of drug-likeness (QED) is 0.860. The summed E-state index contributed by atoms with van der Waals surface area (Å²) in [5, 5.41) is 9.50. The molecule has 0 aliphatic heterocycles. The highest BCUT2D eigenvalue weighted by molar-refractivity contribution is 5.82. The molecule has 4 heteroatoms. The van der Waals surface area contributed by atoms with Gasteiger partial charge in [-0.1, -0.05) is 12.5 Å². The second-order valence-corrected chi connectivity index (χ2v) is 4.72. The zero-order valence-corrected chi connectivity index (χ0v) is 9.68. The Kier molecular flexibility index (Phi) is 2.02. The average Bonchev–Trinajstić information content (AvgIpc) is 2.54. The Hall–Kier alpha value is -1.84. The molecule has 2 aromatic heterocycles. The highest BCUT2D eigenvalue weighted by Crippen LogP contribution is 2.45. The largest absolute Gasteiger partial charge is 0.481 e. The van der Waals surface area contributed by atoms with E-state index in [9.17, 15) is 9.90 Å². The van der Waals surface area contributed by atoms with E-state index in [1.165, 1.54) is 0 Å². The van der Waals surface area contributed by atoms with Crippen molar-refractivity contribution in [2.75, 3.05) is 0 Å². The van der Waals surface area contributed by atoms with Gasteiger partial charge in [0.2, 0.25) is 0 Å². The number of rotatable bonds is 2. The lowest BCUT2D eigenvalue weighted by atomic mass is 9.66. The maximum absolute atomic E-state index is 11.6. The van der Waals surface area contributed by atoms with Gasteiger partial charge in [0.1, 0.15) is 11.1 Å². The number of fused-ring (bicyclic) bond motifs is 1. The summed E-state index contributed by atoms with van der Waals surface area (Å²) >= 11 is 0. The molecule has 0 spiro atoms. The fourth-order valence-corrected chi connectivity index (χ4v) is 2.77. The summed E-state index contributed by atoms with van der Waals surface area (Å²) in [5.41, 5.74) is 1.79. The van der Waals surface area contributed by atoms with E-state index in [0.29, 0.717) is 12.8 Å². The van der Waals surface area contributed by atoms with Crippen LogP contribution >= 0.6 is 0 Å². The second-order valence-electron chi connectivity index (χ2n) is 4.72. The Morgan fingerprint density at radius 2 is 2.24 bits per heavy atom. The fraction of sp³-hybridized carbons (Fsp3) is 0.385. The Morgan fingerprint density at radius 3 is 2.82 bits per heavy atom. The monoisotopic (exact) mass is 230 g/mol. The second kappa shape index (κ2) is 3.32. The van der Waals surface area contributed by atoms with Gasteiger partial charge in [-0.15, -0.1) is 0 Å². The molecule has 0 aromatic carbocycles. The molecular weight excluding hydrogens is 216 g/mol. The topological polar surface area (TPSA) is 54.6 Å². The number of aromatic nitrogens is 2. The molecule has 17 heavy (non-hydrogen) atoms. The van der Waals surface area contributed by atoms with Crippen LogP contribution in [0.1, 0.15) is 30.7 Å². The van der Waals surface area contributed by atoms with E-state index in [0.717, 1.165) is 23.5 Å². The minimum absolute atomic E-state index is 0.714. The minimum Gasteiger partial charge on any atom is -0.481 e. The maximum Gasteiger partial charge on any atom is 0.315 e. The number of pyridine rings is 1. The molecule has 0 bridgehead atoms. The number of carboxylic acid groups (broad SMARTS) is 1. The Balaban J connectivity index is 2.29. The van der Waals surface area contributed by atoms with Gasteiger partial charge in [0.25, 0.3) is 0 Å². The van der Waals surface area contributed by atoms with E-state index in [2.05, 4.69) is 4.98 Å². The van der Waals surface area contributed by atoms with Crippen molar-refractivity contribution in [1.29, 1.82) is 0 Å². The number of aliphatic carboxylic acids is 1. The predicted octanol–water partition coefficient (Wildman–Crippen LogP) is 2.15. The van der Waals surface area contributed by atoms with Gasteiger partial charge in [-0.05, 0) is 31.9 Å². The molecule has 1 aliphatic carbocycles. The molecule has 2 heterocycles. The molecule has 88 valence electrons. The van der Waals surface area contributed by atoms with Crippen LogP contribution in [-0.4, -0.2) is 20.5 Å². The smallest absolute Gasteiger partial charge is 0.315 e. The van der Waals surface area contributed by atoms with Crippen molar-refractivity contribution < 1.29 is 9.90 Å². The molecule has 4 nitrogen and oxygen atoms in total. The van der Waals surface area contributed by atoms with Crippen LogP contribution < -0.4 is 0 Å². The van der Waals surface area contributed by atoms with E-state index in [1.807, 2.05) is 35.7 Å². The molecule has 3 rings (SSSR count). The molecule has 0 amide bonds. The summed E-state index contributed by atoms with van der Waals surface area (Å²) in [7, 11) is 0. The van der Waals surface area contributed by atoms with Crippen molar-refractivity contribution in [2.45, 2.75) is 31.6 Å². The molecular formula is C13H14N2O2. The number of hydrogen-bond acceptors (Lipinski definition) is 2. The summed E-state index contributed by atoms with van der Waals surface area (Å²) in [6.07, 6.45) is 4.30. The van der Waals surface area contributed by atoms with Crippen LogP contribution in [0, 0.1) is 6.92 Å². The summed E-state index contributed by atoms with van der Waals surface area (Å²) in [5.74, 6) is -0.725. The van der Waals surface area contributed by atoms with Gasteiger partial charge >= 0.3 is 5.97 Å². The van der Waals surface area contributed by atoms with Crippen molar-refractivity contribution in [2.24, 2.45) is 0 Å². The Morgan fingerprint density at radius 1 is 1.47 bits per heavy atom. The van der Waals surface area contributed by atoms with Gasteiger partial charge < -0.3 is 9.51 Å². The fourth-order valence-electron chi connectivity index (χ4n) is 2.77. The van der Waals surface area contributed by atoms with Gasteiger partial charge in [-0.2, -0.15) is 0 Å². The number of aryl methyl sites for hydroxylation is 1. The number of nitrogens with zero attached hydrogens (tertiary/aromatic N) is 2. The first kappa shape index (κ1) is 10.3. The van der Waals surface area contributed by atoms with Crippen LogP contribution in [0.4, 0.5) is 0 Å². The minimum atomic E-state index is -0.725. The summed E-state index contributed by atoms with van der Waals surface area (Å²) in [6.45, 7) is 1.89. The summed E-state index contributed by atoms with van der Waals surface area (Å²) in [6, 6.07) is 5.73. The molecule has 2 aromatic rings. The zero-order chi connectivity index (χ0) is 12.0. The molecule has 1 fully saturated rings. The van der Waals surface area contributed by atoms with Crippen molar-refractivity contribution in [3.8, 4) is 0 Å². The van der Waals surface area contributed by atoms with Crippen LogP contribution in [-0.2, 0) is 10.2 Å². The molecule has 0 radical (unpaired) electrons. The summed E-state index contributed by atoms with van der Waals surface area (Å²) < 4.78 is 1.92. The number of hydrogen-bond donors (Lipinski definition) is 1. The molecule has 1 N–H and O–H groups in total. The van der Waals surface area contributed by atoms with Crippen molar-refractivity contribution in [3.63, 3.8) is 0 Å². The molecule has 1 saturated carbocycles. The van der Waals surface area contributed by atoms with Crippen molar-refractivity contribution in [1.82, 2.24) is 9.38 Å². The lowest BCUT2D eigenvalue weighted by Gasteiger charge is -2.37. The van der Waals surface area contributed by atoms with Crippen LogP contribution in [0.25, 0.3) is 5.65 Å². The van der Waals surface area contributed by atoms with Gasteiger partial charge in [-0.25, -0.2) is 4.98 Å². The normalized spacial score (nSPS) is 17.9. The number of carboxylic acids is 1. The first-order chi connectivity index (χ1) is 8.15. The van der Waals surface area contributed by atoms with Crippen LogP contribution in [0.15, 0.2) is 24.4 Å². The van der Waals surface area contributed by atoms with Crippen LogP contribution in [0.3, 0.4) is 0 Å². The molecule has 0 unspecified atom stereocenters. The van der Waals surface area contributed by atoms with E-state index in [1.54, 1.807) is 0 Å². The first-order valence-electron chi connectivity index (χ1n) is 5.83. The van der Waals surface area contributed by atoms with Crippen LogP contribution in [0.5, 0.6) is 0 Å². The molecule has 0 atom stereocenters. The zero-order valence-electron chi connectivity index (χ0n) is 9.68. The SMILES string of the molecule is Cc1nc2ccccn2c1C1(C(=O)O)CCC1. The van der Waals surface area contributed by atoms with Gasteiger partial charge in [-0.3, -0.25) is 4.79 Å². The standard InChI is InChI=1S/C13H14N2O2/c1-9-11(13(12(16)17)6-4-7-13)15-8-3-2-5-10(15)14-9/h2-3,5,8H,4,6-7H2,1H3,(H,16,17). The average molecular weight is 230 g/mol. The van der Waals surface area contributed by atoms with Gasteiger partial charge in [0.15, 0.2) is 0 Å². The Labute approximate surface area is 98.9 Å². The van der Waals surface area contributed by atoms with Crippen molar-refractivity contribution in [3.05, 3.63) is 35.8 Å². The number of carbonyl (C=O) groups is 1. The molecule has 1 aliphatic rings. The highest BCUT2D eigenvalue weighted by Gasteiger charge is 2.49. The van der Waals surface area contributed by atoms with E-state index >= 15 is 0 Å². The number of imidazole rings is 1. The van der Waals surface area contributed by atoms with E-state index in [4.69, 9.17) is 0 Å². The van der Waals surface area contributed by atoms with Crippen LogP contribution in [0.2, 0.25) is 0 Å². The van der Waals surface area contributed by atoms with Gasteiger partial charge in [0.05, 0.1) is 11.4 Å². The lowest BCUT2D eigenvalue weighted by molar-refractivity contribution is -0.147. The Bertz CT molecular complexity index is 596. The summed E-state index contributed by atoms with van der Waals surface area (Å²) in [4.78, 5) is 16.0. The third kappa shape index (κ3) is 1.24. The first-order valence-corrected chi connectivity index (χ1v) is 5.83. The van der Waals surface area contributed by atoms with E-state index < -0.39 is 11.4 Å². The lowest BCUT2D eigenvalue weighted by Crippen LogP contribution is -2.43. The van der Waals surface area contributed by atoms with Gasteiger partial charge in [0, 0.05) is 6.20 Å². The predicted molar refractivity (Wildman–Crippen MR) is 63.1 cm³/mol. The molecule has 0 saturated heterocycles.